The minimum atomic E-state index is -0.161. The van der Waals surface area contributed by atoms with Gasteiger partial charge in [-0.25, -0.2) is 10.1 Å². The maximum atomic E-state index is 12.9. The Morgan fingerprint density at radius 2 is 1.94 bits per heavy atom. The van der Waals surface area contributed by atoms with Crippen LogP contribution in [0, 0.1) is 0 Å². The van der Waals surface area contributed by atoms with Gasteiger partial charge in [-0.05, 0) is 37.8 Å². The number of benzene rings is 1. The average Bonchev–Trinajstić information content (AvgIpc) is 3.23. The first-order chi connectivity index (χ1) is 15.1. The van der Waals surface area contributed by atoms with Gasteiger partial charge < -0.3 is 10.1 Å². The van der Waals surface area contributed by atoms with E-state index in [0.717, 1.165) is 36.8 Å². The van der Waals surface area contributed by atoms with Crippen molar-refractivity contribution in [3.8, 4) is 5.75 Å². The number of hydrogen-bond donors (Lipinski definition) is 2. The molecule has 31 heavy (non-hydrogen) atoms. The Labute approximate surface area is 178 Å². The van der Waals surface area contributed by atoms with Gasteiger partial charge in [0.05, 0.1) is 24.4 Å². The highest BCUT2D eigenvalue weighted by molar-refractivity contribution is 5.93. The molecular weight excluding hydrogens is 394 g/mol. The summed E-state index contributed by atoms with van der Waals surface area (Å²) < 4.78 is 6.98. The van der Waals surface area contributed by atoms with E-state index < -0.39 is 0 Å². The van der Waals surface area contributed by atoms with E-state index >= 15 is 0 Å². The number of carbonyl (C=O) groups is 1. The van der Waals surface area contributed by atoms with Crippen LogP contribution in [-0.4, -0.2) is 38.6 Å². The predicted octanol–water partition coefficient (Wildman–Crippen LogP) is 3.04. The van der Waals surface area contributed by atoms with Crippen LogP contribution in [0.3, 0.4) is 0 Å². The summed E-state index contributed by atoms with van der Waals surface area (Å²) >= 11 is 0. The summed E-state index contributed by atoms with van der Waals surface area (Å²) in [5, 5.41) is 11.7. The number of H-pyrrole nitrogens is 1. The normalized spacial score (nSPS) is 18.9. The average molecular weight is 417 g/mol. The third-order valence-corrected chi connectivity index (χ3v) is 6.13. The fourth-order valence-electron chi connectivity index (χ4n) is 4.47. The van der Waals surface area contributed by atoms with Crippen molar-refractivity contribution in [3.63, 3.8) is 0 Å². The van der Waals surface area contributed by atoms with Gasteiger partial charge in [-0.1, -0.05) is 18.2 Å². The molecule has 1 fully saturated rings. The number of rotatable bonds is 4. The first kappa shape index (κ1) is 19.3. The molecule has 0 atom stereocenters. The van der Waals surface area contributed by atoms with Crippen LogP contribution in [0.5, 0.6) is 5.75 Å². The van der Waals surface area contributed by atoms with E-state index in [0.29, 0.717) is 22.5 Å². The Kier molecular flexibility index (Phi) is 4.89. The molecule has 0 radical (unpaired) electrons. The van der Waals surface area contributed by atoms with E-state index in [2.05, 4.69) is 20.5 Å². The SMILES string of the molecule is COc1ccn2c(C(=O)NC3CCC(c4n[nH]c(=O)c5ccccc45)CC3)cnc2c1. The molecule has 5 rings (SSSR count). The highest BCUT2D eigenvalue weighted by atomic mass is 16.5. The van der Waals surface area contributed by atoms with Gasteiger partial charge in [0.25, 0.3) is 11.5 Å². The van der Waals surface area contributed by atoms with Gasteiger partial charge in [-0.15, -0.1) is 0 Å². The highest BCUT2D eigenvalue weighted by Crippen LogP contribution is 2.34. The highest BCUT2D eigenvalue weighted by Gasteiger charge is 2.27. The van der Waals surface area contributed by atoms with Crippen LogP contribution < -0.4 is 15.6 Å². The van der Waals surface area contributed by atoms with E-state index in [4.69, 9.17) is 4.74 Å². The maximum Gasteiger partial charge on any atom is 0.272 e. The molecule has 0 spiro atoms. The third kappa shape index (κ3) is 3.54. The van der Waals surface area contributed by atoms with E-state index in [1.165, 1.54) is 0 Å². The summed E-state index contributed by atoms with van der Waals surface area (Å²) in [5.74, 6) is 0.832. The number of pyridine rings is 1. The van der Waals surface area contributed by atoms with Crippen LogP contribution in [0.1, 0.15) is 47.8 Å². The number of methoxy groups -OCH3 is 1. The molecular formula is C23H23N5O3. The second kappa shape index (κ2) is 7.86. The molecule has 8 heteroatoms. The fraction of sp³-hybridized carbons (Fsp3) is 0.304. The lowest BCUT2D eigenvalue weighted by Crippen LogP contribution is -2.38. The zero-order valence-corrected chi connectivity index (χ0v) is 17.2. The minimum Gasteiger partial charge on any atom is -0.497 e. The summed E-state index contributed by atoms with van der Waals surface area (Å²) in [5.41, 5.74) is 1.96. The largest absolute Gasteiger partial charge is 0.497 e. The van der Waals surface area contributed by atoms with E-state index in [1.54, 1.807) is 36.0 Å². The summed E-state index contributed by atoms with van der Waals surface area (Å²) in [4.78, 5) is 29.2. The summed E-state index contributed by atoms with van der Waals surface area (Å²) in [6.07, 6.45) is 6.90. The van der Waals surface area contributed by atoms with Gasteiger partial charge in [-0.3, -0.25) is 14.0 Å². The lowest BCUT2D eigenvalue weighted by Gasteiger charge is -2.29. The molecule has 1 aromatic carbocycles. The topological polar surface area (TPSA) is 101 Å². The fourth-order valence-corrected chi connectivity index (χ4v) is 4.47. The lowest BCUT2D eigenvalue weighted by molar-refractivity contribution is 0.0919. The van der Waals surface area contributed by atoms with Gasteiger partial charge in [0, 0.05) is 29.6 Å². The molecule has 2 N–H and O–H groups in total. The molecule has 1 saturated carbocycles. The minimum absolute atomic E-state index is 0.0987. The first-order valence-electron chi connectivity index (χ1n) is 10.4. The van der Waals surface area contributed by atoms with Crippen LogP contribution in [0.4, 0.5) is 0 Å². The summed E-state index contributed by atoms with van der Waals surface area (Å²) in [6, 6.07) is 11.3. The number of aromatic nitrogens is 4. The molecule has 158 valence electrons. The second-order valence-corrected chi connectivity index (χ2v) is 7.94. The maximum absolute atomic E-state index is 12.9. The van der Waals surface area contributed by atoms with E-state index in [1.807, 2.05) is 24.3 Å². The Balaban J connectivity index is 1.28. The van der Waals surface area contributed by atoms with Crippen molar-refractivity contribution in [2.45, 2.75) is 37.6 Å². The number of fused-ring (bicyclic) bond motifs is 2. The first-order valence-corrected chi connectivity index (χ1v) is 10.4. The van der Waals surface area contributed by atoms with E-state index in [9.17, 15) is 9.59 Å². The Bertz CT molecular complexity index is 1320. The predicted molar refractivity (Wildman–Crippen MR) is 117 cm³/mol. The smallest absolute Gasteiger partial charge is 0.272 e. The molecule has 8 nitrogen and oxygen atoms in total. The molecule has 4 aromatic rings. The molecule has 0 saturated heterocycles. The van der Waals surface area contributed by atoms with Crippen molar-refractivity contribution in [3.05, 3.63) is 70.5 Å². The zero-order chi connectivity index (χ0) is 21.4. The van der Waals surface area contributed by atoms with Crippen molar-refractivity contribution < 1.29 is 9.53 Å². The van der Waals surface area contributed by atoms with Crippen molar-refractivity contribution in [2.75, 3.05) is 7.11 Å². The van der Waals surface area contributed by atoms with E-state index in [-0.39, 0.29) is 23.4 Å². The Morgan fingerprint density at radius 3 is 2.71 bits per heavy atom. The number of aromatic amines is 1. The van der Waals surface area contributed by atoms with Gasteiger partial charge in [-0.2, -0.15) is 5.10 Å². The molecule has 1 aliphatic carbocycles. The second-order valence-electron chi connectivity index (χ2n) is 7.94. The molecule has 0 unspecified atom stereocenters. The summed E-state index contributed by atoms with van der Waals surface area (Å²) in [6.45, 7) is 0. The van der Waals surface area contributed by atoms with Gasteiger partial charge in [0.15, 0.2) is 0 Å². The number of hydrogen-bond acceptors (Lipinski definition) is 5. The van der Waals surface area contributed by atoms with Crippen LogP contribution >= 0.6 is 0 Å². The monoisotopic (exact) mass is 417 g/mol. The van der Waals surface area contributed by atoms with Gasteiger partial charge in [0.2, 0.25) is 0 Å². The number of nitrogens with one attached hydrogen (secondary N) is 2. The molecule has 3 heterocycles. The number of carbonyl (C=O) groups excluding carboxylic acids is 1. The van der Waals surface area contributed by atoms with Crippen molar-refractivity contribution in [1.82, 2.24) is 24.9 Å². The number of nitrogens with zero attached hydrogens (tertiary/aromatic N) is 3. The summed E-state index contributed by atoms with van der Waals surface area (Å²) in [7, 11) is 1.60. The van der Waals surface area contributed by atoms with Crippen molar-refractivity contribution >= 4 is 22.3 Å². The van der Waals surface area contributed by atoms with Crippen molar-refractivity contribution in [2.24, 2.45) is 0 Å². The standard InChI is InChI=1S/C23H23N5O3/c1-31-16-10-11-28-19(13-24-20(28)12-16)23(30)25-15-8-6-14(7-9-15)21-17-4-2-3-5-18(17)22(29)27-26-21/h2-5,10-15H,6-9H2,1H3,(H,25,30)(H,27,29). The van der Waals surface area contributed by atoms with Crippen LogP contribution in [0.15, 0.2) is 53.6 Å². The quantitative estimate of drug-likeness (QED) is 0.531. The van der Waals surface area contributed by atoms with Gasteiger partial charge >= 0.3 is 0 Å². The van der Waals surface area contributed by atoms with Crippen LogP contribution in [-0.2, 0) is 0 Å². The van der Waals surface area contributed by atoms with Gasteiger partial charge in [0.1, 0.15) is 17.1 Å². The number of amides is 1. The molecule has 1 amide bonds. The molecule has 0 aliphatic heterocycles. The lowest BCUT2D eigenvalue weighted by atomic mass is 9.82. The number of ether oxygens (including phenoxy) is 1. The Morgan fingerprint density at radius 1 is 1.16 bits per heavy atom. The molecule has 3 aromatic heterocycles. The number of imidazole rings is 1. The molecule has 1 aliphatic rings. The van der Waals surface area contributed by atoms with Crippen LogP contribution in [0.25, 0.3) is 16.4 Å². The third-order valence-electron chi connectivity index (χ3n) is 6.13. The van der Waals surface area contributed by atoms with Crippen molar-refractivity contribution in [1.29, 1.82) is 0 Å². The zero-order valence-electron chi connectivity index (χ0n) is 17.2. The molecule has 0 bridgehead atoms. The Hall–Kier alpha value is -3.68. The van der Waals surface area contributed by atoms with Crippen LogP contribution in [0.2, 0.25) is 0 Å².